The van der Waals surface area contributed by atoms with E-state index in [9.17, 15) is 12.8 Å². The summed E-state index contributed by atoms with van der Waals surface area (Å²) in [5.41, 5.74) is 0.895. The number of aromatic nitrogens is 1. The van der Waals surface area contributed by atoms with Gasteiger partial charge in [0.2, 0.25) is 10.0 Å². The molecular weight excluding hydrogens is 391 g/mol. The molecular formula is C18H22ClFN4O2S. The quantitative estimate of drug-likeness (QED) is 0.763. The number of sulfonamides is 1. The third-order valence-electron chi connectivity index (χ3n) is 4.92. The van der Waals surface area contributed by atoms with Crippen molar-refractivity contribution in [2.24, 2.45) is 5.92 Å². The fraction of sp³-hybridized carbons (Fsp3) is 0.389. The zero-order valence-corrected chi connectivity index (χ0v) is 16.7. The number of hydrogen-bond acceptors (Lipinski definition) is 5. The molecule has 0 aliphatic carbocycles. The Morgan fingerprint density at radius 2 is 2.11 bits per heavy atom. The molecule has 2 N–H and O–H groups in total. The normalized spacial score (nSPS) is 20.7. The van der Waals surface area contributed by atoms with E-state index < -0.39 is 15.8 Å². The van der Waals surface area contributed by atoms with Crippen molar-refractivity contribution < 1.29 is 12.8 Å². The third kappa shape index (κ3) is 4.40. The van der Waals surface area contributed by atoms with E-state index in [-0.39, 0.29) is 21.9 Å². The molecule has 1 aliphatic heterocycles. The molecule has 1 aromatic carbocycles. The van der Waals surface area contributed by atoms with Crippen molar-refractivity contribution in [3.8, 4) is 0 Å². The summed E-state index contributed by atoms with van der Waals surface area (Å²) in [5, 5.41) is 3.38. The van der Waals surface area contributed by atoms with Crippen LogP contribution in [0.25, 0.3) is 0 Å². The second-order valence-electron chi connectivity index (χ2n) is 6.62. The predicted molar refractivity (Wildman–Crippen MR) is 104 cm³/mol. The fourth-order valence-electron chi connectivity index (χ4n) is 3.46. The van der Waals surface area contributed by atoms with Gasteiger partial charge in [-0.3, -0.25) is 4.90 Å². The lowest BCUT2D eigenvalue weighted by molar-refractivity contribution is 0.281. The Hall–Kier alpha value is -1.74. The van der Waals surface area contributed by atoms with Crippen LogP contribution in [0.3, 0.4) is 0 Å². The number of nitrogens with zero attached hydrogens (tertiary/aromatic N) is 2. The molecule has 2 atom stereocenters. The van der Waals surface area contributed by atoms with Crippen LogP contribution in [-0.4, -0.2) is 45.5 Å². The molecule has 27 heavy (non-hydrogen) atoms. The number of hydrogen-bond donors (Lipinski definition) is 2. The molecule has 2 aromatic rings. The van der Waals surface area contributed by atoms with Crippen LogP contribution in [0, 0.1) is 11.7 Å². The standard InChI is InChI=1S/C18H22ClFN4O2S/c1-21-27(25,26)14-4-6-17(23-11-14)22-10-13-7-8-24(2)18(13)12-3-5-15(19)16(20)9-12/h3-6,9,11,13,18,21H,7-8,10H2,1-2H3,(H,22,23). The molecule has 0 saturated carbocycles. The van der Waals surface area contributed by atoms with Gasteiger partial charge >= 0.3 is 0 Å². The average molecular weight is 413 g/mol. The number of nitrogens with one attached hydrogen (secondary N) is 2. The van der Waals surface area contributed by atoms with E-state index in [1.165, 1.54) is 25.4 Å². The number of likely N-dealkylation sites (tertiary alicyclic amines) is 1. The Balaban J connectivity index is 1.70. The van der Waals surface area contributed by atoms with E-state index in [1.54, 1.807) is 12.1 Å². The van der Waals surface area contributed by atoms with E-state index in [2.05, 4.69) is 19.9 Å². The molecule has 1 fully saturated rings. The minimum absolute atomic E-state index is 0.0770. The van der Waals surface area contributed by atoms with Crippen LogP contribution >= 0.6 is 11.6 Å². The number of rotatable bonds is 6. The third-order valence-corrected chi connectivity index (χ3v) is 6.63. The highest BCUT2D eigenvalue weighted by Crippen LogP contribution is 2.37. The lowest BCUT2D eigenvalue weighted by Gasteiger charge is -2.26. The van der Waals surface area contributed by atoms with Gasteiger partial charge in [0, 0.05) is 18.8 Å². The number of pyridine rings is 1. The molecule has 1 aromatic heterocycles. The summed E-state index contributed by atoms with van der Waals surface area (Å²) in [6.07, 6.45) is 2.28. The summed E-state index contributed by atoms with van der Waals surface area (Å²) in [6.45, 7) is 1.55. The monoisotopic (exact) mass is 412 g/mol. The molecule has 0 bridgehead atoms. The van der Waals surface area contributed by atoms with E-state index in [0.717, 1.165) is 18.5 Å². The lowest BCUT2D eigenvalue weighted by atomic mass is 9.93. The second kappa shape index (κ2) is 8.10. The summed E-state index contributed by atoms with van der Waals surface area (Å²) >= 11 is 5.80. The first kappa shape index (κ1) is 20.0. The van der Waals surface area contributed by atoms with Gasteiger partial charge in [-0.15, -0.1) is 0 Å². The molecule has 2 heterocycles. The predicted octanol–water partition coefficient (Wildman–Crippen LogP) is 2.89. The summed E-state index contributed by atoms with van der Waals surface area (Å²) in [5.74, 6) is 0.447. The zero-order valence-electron chi connectivity index (χ0n) is 15.1. The minimum atomic E-state index is -3.50. The Labute approximate surface area is 163 Å². The molecule has 146 valence electrons. The van der Waals surface area contributed by atoms with Crippen LogP contribution in [0.1, 0.15) is 18.0 Å². The molecule has 0 radical (unpaired) electrons. The maximum atomic E-state index is 13.9. The highest BCUT2D eigenvalue weighted by molar-refractivity contribution is 7.89. The van der Waals surface area contributed by atoms with E-state index >= 15 is 0 Å². The van der Waals surface area contributed by atoms with Crippen molar-refractivity contribution in [3.05, 3.63) is 52.9 Å². The Bertz CT molecular complexity index is 908. The van der Waals surface area contributed by atoms with Gasteiger partial charge in [0.15, 0.2) is 0 Å². The average Bonchev–Trinajstić information content (AvgIpc) is 3.03. The summed E-state index contributed by atoms with van der Waals surface area (Å²) in [6, 6.07) is 8.17. The van der Waals surface area contributed by atoms with Crippen molar-refractivity contribution in [1.82, 2.24) is 14.6 Å². The van der Waals surface area contributed by atoms with Gasteiger partial charge in [0.1, 0.15) is 16.5 Å². The number of halogens is 2. The topological polar surface area (TPSA) is 74.3 Å². The maximum Gasteiger partial charge on any atom is 0.241 e. The summed E-state index contributed by atoms with van der Waals surface area (Å²) in [7, 11) is -0.119. The highest BCUT2D eigenvalue weighted by Gasteiger charge is 2.33. The largest absolute Gasteiger partial charge is 0.370 e. The van der Waals surface area contributed by atoms with Gasteiger partial charge in [0.25, 0.3) is 0 Å². The van der Waals surface area contributed by atoms with Crippen LogP contribution in [0.4, 0.5) is 10.2 Å². The van der Waals surface area contributed by atoms with Gasteiger partial charge in [-0.2, -0.15) is 0 Å². The first-order valence-corrected chi connectivity index (χ1v) is 10.5. The van der Waals surface area contributed by atoms with Gasteiger partial charge < -0.3 is 5.32 Å². The second-order valence-corrected chi connectivity index (χ2v) is 8.91. The van der Waals surface area contributed by atoms with Gasteiger partial charge in [0.05, 0.1) is 5.02 Å². The molecule has 0 amide bonds. The maximum absolute atomic E-state index is 13.9. The molecule has 0 spiro atoms. The molecule has 3 rings (SSSR count). The molecule has 1 aliphatic rings. The minimum Gasteiger partial charge on any atom is -0.370 e. The molecule has 2 unspecified atom stereocenters. The Morgan fingerprint density at radius 3 is 2.74 bits per heavy atom. The van der Waals surface area contributed by atoms with Crippen molar-refractivity contribution in [3.63, 3.8) is 0 Å². The number of benzene rings is 1. The van der Waals surface area contributed by atoms with E-state index in [0.29, 0.717) is 12.4 Å². The van der Waals surface area contributed by atoms with Crippen molar-refractivity contribution in [2.45, 2.75) is 17.4 Å². The van der Waals surface area contributed by atoms with Gasteiger partial charge in [-0.05, 0) is 62.8 Å². The lowest BCUT2D eigenvalue weighted by Crippen LogP contribution is -2.25. The van der Waals surface area contributed by atoms with Crippen LogP contribution in [-0.2, 0) is 10.0 Å². The van der Waals surface area contributed by atoms with Crippen LogP contribution in [0.5, 0.6) is 0 Å². The molecule has 1 saturated heterocycles. The van der Waals surface area contributed by atoms with Gasteiger partial charge in [-0.1, -0.05) is 17.7 Å². The SMILES string of the molecule is CNS(=O)(=O)c1ccc(NCC2CCN(C)C2c2ccc(Cl)c(F)c2)nc1. The molecule has 9 heteroatoms. The smallest absolute Gasteiger partial charge is 0.241 e. The van der Waals surface area contributed by atoms with Crippen LogP contribution in [0.15, 0.2) is 41.4 Å². The highest BCUT2D eigenvalue weighted by atomic mass is 35.5. The Kier molecular flexibility index (Phi) is 6.00. The van der Waals surface area contributed by atoms with Gasteiger partial charge in [-0.25, -0.2) is 22.5 Å². The van der Waals surface area contributed by atoms with Crippen LogP contribution in [0.2, 0.25) is 5.02 Å². The fourth-order valence-corrected chi connectivity index (χ4v) is 4.25. The Morgan fingerprint density at radius 1 is 1.33 bits per heavy atom. The van der Waals surface area contributed by atoms with E-state index in [4.69, 9.17) is 11.6 Å². The van der Waals surface area contributed by atoms with Crippen molar-refractivity contribution in [2.75, 3.05) is 32.5 Å². The van der Waals surface area contributed by atoms with E-state index in [1.807, 2.05) is 13.1 Å². The first-order valence-electron chi connectivity index (χ1n) is 8.60. The molecule has 6 nitrogen and oxygen atoms in total. The van der Waals surface area contributed by atoms with Crippen molar-refractivity contribution >= 4 is 27.4 Å². The number of anilines is 1. The summed E-state index contributed by atoms with van der Waals surface area (Å²) in [4.78, 5) is 6.49. The van der Waals surface area contributed by atoms with Crippen molar-refractivity contribution in [1.29, 1.82) is 0 Å². The first-order chi connectivity index (χ1) is 12.8. The zero-order chi connectivity index (χ0) is 19.6. The van der Waals surface area contributed by atoms with Crippen LogP contribution < -0.4 is 10.0 Å². The summed E-state index contributed by atoms with van der Waals surface area (Å²) < 4.78 is 39.6.